The van der Waals surface area contributed by atoms with Crippen molar-refractivity contribution in [1.82, 2.24) is 10.6 Å². The molecule has 3 heteroatoms. The highest BCUT2D eigenvalue weighted by molar-refractivity contribution is 5.76. The third-order valence-corrected chi connectivity index (χ3v) is 2.70. The zero-order valence-electron chi connectivity index (χ0n) is 9.14. The number of nitrogens with one attached hydrogen (secondary N) is 2. The van der Waals surface area contributed by atoms with E-state index in [0.29, 0.717) is 12.5 Å². The molecular formula is C11H22N2O. The van der Waals surface area contributed by atoms with Crippen molar-refractivity contribution >= 4 is 5.91 Å². The van der Waals surface area contributed by atoms with Crippen LogP contribution in [0, 0.1) is 0 Å². The third-order valence-electron chi connectivity index (χ3n) is 2.70. The number of carbonyl (C=O) groups excluding carboxylic acids is 1. The summed E-state index contributed by atoms with van der Waals surface area (Å²) in [5, 5.41) is 6.46. The van der Waals surface area contributed by atoms with Gasteiger partial charge in [-0.3, -0.25) is 4.79 Å². The van der Waals surface area contributed by atoms with E-state index < -0.39 is 0 Å². The van der Waals surface area contributed by atoms with Crippen LogP contribution in [0.5, 0.6) is 0 Å². The highest BCUT2D eigenvalue weighted by atomic mass is 16.1. The van der Waals surface area contributed by atoms with Crippen LogP contribution < -0.4 is 10.6 Å². The molecule has 1 rings (SSSR count). The molecule has 1 unspecified atom stereocenters. The van der Waals surface area contributed by atoms with Crippen molar-refractivity contribution in [3.05, 3.63) is 0 Å². The van der Waals surface area contributed by atoms with E-state index in [0.717, 1.165) is 38.8 Å². The van der Waals surface area contributed by atoms with Gasteiger partial charge in [-0.15, -0.1) is 0 Å². The van der Waals surface area contributed by atoms with E-state index >= 15 is 0 Å². The van der Waals surface area contributed by atoms with Crippen LogP contribution >= 0.6 is 0 Å². The van der Waals surface area contributed by atoms with E-state index in [4.69, 9.17) is 0 Å². The lowest BCUT2D eigenvalue weighted by atomic mass is 10.1. The van der Waals surface area contributed by atoms with Crippen LogP contribution in [-0.2, 0) is 4.79 Å². The van der Waals surface area contributed by atoms with Crippen LogP contribution in [0.3, 0.4) is 0 Å². The Morgan fingerprint density at radius 1 is 1.43 bits per heavy atom. The monoisotopic (exact) mass is 198 g/mol. The first-order chi connectivity index (χ1) is 6.83. The molecule has 1 heterocycles. The fourth-order valence-electron chi connectivity index (χ4n) is 1.80. The van der Waals surface area contributed by atoms with Gasteiger partial charge in [-0.25, -0.2) is 0 Å². The fourth-order valence-corrected chi connectivity index (χ4v) is 1.80. The smallest absolute Gasteiger partial charge is 0.220 e. The molecule has 82 valence electrons. The van der Waals surface area contributed by atoms with Gasteiger partial charge in [-0.2, -0.15) is 0 Å². The molecule has 0 spiro atoms. The van der Waals surface area contributed by atoms with Gasteiger partial charge in [0.1, 0.15) is 0 Å². The van der Waals surface area contributed by atoms with E-state index in [9.17, 15) is 4.79 Å². The van der Waals surface area contributed by atoms with Crippen molar-refractivity contribution < 1.29 is 4.79 Å². The summed E-state index contributed by atoms with van der Waals surface area (Å²) in [7, 11) is 0. The van der Waals surface area contributed by atoms with Crippen LogP contribution in [0.4, 0.5) is 0 Å². The van der Waals surface area contributed by atoms with Crippen molar-refractivity contribution in [1.29, 1.82) is 0 Å². The number of hydrogen-bond donors (Lipinski definition) is 2. The summed E-state index contributed by atoms with van der Waals surface area (Å²) in [5.74, 6) is 0.235. The van der Waals surface area contributed by atoms with Gasteiger partial charge in [0.2, 0.25) is 5.91 Å². The predicted octanol–water partition coefficient (Wildman–Crippen LogP) is 1.43. The van der Waals surface area contributed by atoms with Crippen molar-refractivity contribution in [2.75, 3.05) is 13.1 Å². The largest absolute Gasteiger partial charge is 0.353 e. The lowest BCUT2D eigenvalue weighted by Gasteiger charge is -2.15. The van der Waals surface area contributed by atoms with Gasteiger partial charge >= 0.3 is 0 Å². The Hall–Kier alpha value is -0.570. The van der Waals surface area contributed by atoms with E-state index in [1.807, 2.05) is 0 Å². The fraction of sp³-hybridized carbons (Fsp3) is 0.909. The molecule has 0 aromatic carbocycles. The van der Waals surface area contributed by atoms with E-state index in [1.165, 1.54) is 6.42 Å². The molecule has 0 aromatic heterocycles. The summed E-state index contributed by atoms with van der Waals surface area (Å²) in [4.78, 5) is 11.5. The maximum absolute atomic E-state index is 11.5. The summed E-state index contributed by atoms with van der Waals surface area (Å²) < 4.78 is 0. The first-order valence-corrected chi connectivity index (χ1v) is 5.83. The van der Waals surface area contributed by atoms with Gasteiger partial charge in [0, 0.05) is 12.5 Å². The van der Waals surface area contributed by atoms with E-state index in [1.54, 1.807) is 0 Å². The van der Waals surface area contributed by atoms with Gasteiger partial charge in [0.15, 0.2) is 0 Å². The van der Waals surface area contributed by atoms with Gasteiger partial charge < -0.3 is 10.6 Å². The van der Waals surface area contributed by atoms with Crippen molar-refractivity contribution in [2.45, 2.75) is 51.5 Å². The lowest BCUT2D eigenvalue weighted by molar-refractivity contribution is -0.121. The van der Waals surface area contributed by atoms with Crippen LogP contribution in [0.15, 0.2) is 0 Å². The molecule has 3 nitrogen and oxygen atoms in total. The molecule has 0 aromatic rings. The minimum atomic E-state index is 0.235. The SMILES string of the molecule is CCCCC(=O)NC1CCCNCC1. The third kappa shape index (κ3) is 4.61. The van der Waals surface area contributed by atoms with Crippen LogP contribution in [0.2, 0.25) is 0 Å². The Kier molecular flexibility index (Phi) is 5.60. The molecule has 1 aliphatic rings. The van der Waals surface area contributed by atoms with Gasteiger partial charge in [0.25, 0.3) is 0 Å². The molecule has 1 saturated heterocycles. The van der Waals surface area contributed by atoms with E-state index in [-0.39, 0.29) is 5.91 Å². The summed E-state index contributed by atoms with van der Waals surface area (Å²) in [5.41, 5.74) is 0. The molecule has 0 radical (unpaired) electrons. The lowest BCUT2D eigenvalue weighted by Crippen LogP contribution is -2.35. The highest BCUT2D eigenvalue weighted by Gasteiger charge is 2.13. The first-order valence-electron chi connectivity index (χ1n) is 5.83. The highest BCUT2D eigenvalue weighted by Crippen LogP contribution is 2.05. The minimum Gasteiger partial charge on any atom is -0.353 e. The quantitative estimate of drug-likeness (QED) is 0.717. The maximum Gasteiger partial charge on any atom is 0.220 e. The van der Waals surface area contributed by atoms with Gasteiger partial charge in [-0.05, 0) is 38.8 Å². The number of hydrogen-bond acceptors (Lipinski definition) is 2. The molecule has 0 saturated carbocycles. The standard InChI is InChI=1S/C11H22N2O/c1-2-3-6-11(14)13-10-5-4-8-12-9-7-10/h10,12H,2-9H2,1H3,(H,13,14). The molecule has 0 bridgehead atoms. The van der Waals surface area contributed by atoms with Crippen molar-refractivity contribution in [3.8, 4) is 0 Å². The van der Waals surface area contributed by atoms with Crippen LogP contribution in [-0.4, -0.2) is 25.0 Å². The van der Waals surface area contributed by atoms with Crippen molar-refractivity contribution in [3.63, 3.8) is 0 Å². The molecule has 0 aliphatic carbocycles. The average Bonchev–Trinajstić information content (AvgIpc) is 2.43. The summed E-state index contributed by atoms with van der Waals surface area (Å²) >= 11 is 0. The normalized spacial score (nSPS) is 22.8. The Labute approximate surface area is 86.6 Å². The van der Waals surface area contributed by atoms with Gasteiger partial charge in [0.05, 0.1) is 0 Å². The summed E-state index contributed by atoms with van der Waals surface area (Å²) in [6.07, 6.45) is 6.19. The Balaban J connectivity index is 2.17. The van der Waals surface area contributed by atoms with Gasteiger partial charge in [-0.1, -0.05) is 13.3 Å². The molecule has 1 fully saturated rings. The first kappa shape index (κ1) is 11.5. The maximum atomic E-state index is 11.5. The topological polar surface area (TPSA) is 41.1 Å². The molecule has 1 amide bonds. The molecule has 1 aliphatic heterocycles. The molecular weight excluding hydrogens is 176 g/mol. The second-order valence-electron chi connectivity index (χ2n) is 4.05. The number of rotatable bonds is 4. The minimum absolute atomic E-state index is 0.235. The summed E-state index contributed by atoms with van der Waals surface area (Å²) in [6, 6.07) is 0.411. The number of unbranched alkanes of at least 4 members (excludes halogenated alkanes) is 1. The predicted molar refractivity (Wildman–Crippen MR) is 58.2 cm³/mol. The Morgan fingerprint density at radius 3 is 3.07 bits per heavy atom. The molecule has 14 heavy (non-hydrogen) atoms. The Bertz CT molecular complexity index is 163. The molecule has 1 atom stereocenters. The zero-order valence-corrected chi connectivity index (χ0v) is 9.14. The van der Waals surface area contributed by atoms with Crippen molar-refractivity contribution in [2.24, 2.45) is 0 Å². The van der Waals surface area contributed by atoms with E-state index in [2.05, 4.69) is 17.6 Å². The second kappa shape index (κ2) is 6.82. The average molecular weight is 198 g/mol. The second-order valence-corrected chi connectivity index (χ2v) is 4.05. The number of amides is 1. The summed E-state index contributed by atoms with van der Waals surface area (Å²) in [6.45, 7) is 4.25. The number of carbonyl (C=O) groups is 1. The Morgan fingerprint density at radius 2 is 2.29 bits per heavy atom. The zero-order chi connectivity index (χ0) is 10.2. The molecule has 2 N–H and O–H groups in total. The van der Waals surface area contributed by atoms with Crippen LogP contribution in [0.25, 0.3) is 0 Å². The van der Waals surface area contributed by atoms with Crippen LogP contribution in [0.1, 0.15) is 45.4 Å².